The van der Waals surface area contributed by atoms with Crippen LogP contribution in [-0.2, 0) is 55.5 Å². The van der Waals surface area contributed by atoms with Crippen LogP contribution in [0, 0.1) is 25.5 Å². The number of imidazole rings is 2. The first-order valence-electron chi connectivity index (χ1n) is 22.6. The molecule has 0 saturated carbocycles. The first-order chi connectivity index (χ1) is 36.1. The molecular formula is C44H48F8N14O9S2. The third-order valence-electron chi connectivity index (χ3n) is 11.1. The second kappa shape index (κ2) is 23.1. The van der Waals surface area contributed by atoms with Crippen LogP contribution in [0.3, 0.4) is 0 Å². The Kier molecular flexibility index (Phi) is 17.5. The first-order valence-corrected chi connectivity index (χ1v) is 25.4. The number of alkyl halides is 6. The SMILES string of the molecule is CCc1nc2ncc(C)cn2c1C(=O)NCc1ccc(N2CCN(S(=O)(=O)C(F)(F)F)C(OC)=N2)c(F)c1.CCc1nc2ncc(C)cn2c1C(=O)O.COC1=NN(c2ccc(CN)cc2F)CCN1S(=O)(=O)C(F)(F)F. The molecule has 6 aromatic rings. The number of sulfonamides is 2. The molecule has 0 radical (unpaired) electrons. The number of amidine groups is 2. The van der Waals surface area contributed by atoms with Crippen LogP contribution in [0.4, 0.5) is 46.5 Å². The zero-order chi connectivity index (χ0) is 56.9. The van der Waals surface area contributed by atoms with Gasteiger partial charge in [0.05, 0.1) is 63.2 Å². The molecule has 1 amide bonds. The van der Waals surface area contributed by atoms with Crippen molar-refractivity contribution in [2.45, 2.75) is 64.6 Å². The minimum Gasteiger partial charge on any atom is -0.477 e. The van der Waals surface area contributed by atoms with Crippen LogP contribution in [-0.4, -0.2) is 135 Å². The van der Waals surface area contributed by atoms with E-state index in [4.69, 9.17) is 15.6 Å². The molecule has 2 aliphatic heterocycles. The Morgan fingerprint density at radius 3 is 1.49 bits per heavy atom. The van der Waals surface area contributed by atoms with Gasteiger partial charge in [-0.25, -0.2) is 42.1 Å². The number of hydrogen-bond donors (Lipinski definition) is 3. The molecule has 0 aliphatic carbocycles. The second-order valence-corrected chi connectivity index (χ2v) is 20.1. The van der Waals surface area contributed by atoms with E-state index >= 15 is 0 Å². The third kappa shape index (κ3) is 12.4. The van der Waals surface area contributed by atoms with Crippen molar-refractivity contribution < 1.29 is 76.1 Å². The van der Waals surface area contributed by atoms with Gasteiger partial charge in [-0.15, -0.1) is 10.2 Å². The highest BCUT2D eigenvalue weighted by atomic mass is 32.2. The number of benzene rings is 2. The predicted octanol–water partition coefficient (Wildman–Crippen LogP) is 5.03. The maximum Gasteiger partial charge on any atom is 0.516 e. The summed E-state index contributed by atoms with van der Waals surface area (Å²) in [6.45, 7) is 5.58. The number of hydrogen-bond acceptors (Lipinski definition) is 17. The number of rotatable bonds is 11. The summed E-state index contributed by atoms with van der Waals surface area (Å²) in [6.07, 6.45) is 7.88. The van der Waals surface area contributed by atoms with E-state index < -0.39 is 79.7 Å². The van der Waals surface area contributed by atoms with Gasteiger partial charge in [-0.05, 0) is 73.2 Å². The second-order valence-electron chi connectivity index (χ2n) is 16.4. The molecule has 2 aliphatic rings. The Hall–Kier alpha value is -7.94. The van der Waals surface area contributed by atoms with Gasteiger partial charge in [0.15, 0.2) is 5.69 Å². The number of aryl methyl sites for hydroxylation is 4. The van der Waals surface area contributed by atoms with Crippen molar-refractivity contribution >= 4 is 66.9 Å². The average molecular weight is 1130 g/mol. The Morgan fingerprint density at radius 1 is 0.688 bits per heavy atom. The fraction of sp³-hybridized carbons (Fsp3) is 0.364. The highest BCUT2D eigenvalue weighted by Gasteiger charge is 2.54. The Balaban J connectivity index is 0.000000209. The minimum atomic E-state index is -5.73. The molecule has 33 heteroatoms. The quantitative estimate of drug-likeness (QED) is 0.144. The van der Waals surface area contributed by atoms with Crippen LogP contribution in [0.1, 0.15) is 68.5 Å². The normalized spacial score (nSPS) is 14.3. The number of aromatic carboxylic acids is 1. The lowest BCUT2D eigenvalue weighted by Crippen LogP contribution is -2.51. The van der Waals surface area contributed by atoms with E-state index in [1.165, 1.54) is 28.7 Å². The summed E-state index contributed by atoms with van der Waals surface area (Å²) < 4.78 is 165. The summed E-state index contributed by atoms with van der Waals surface area (Å²) in [5, 5.41) is 21.2. The standard InChI is InChI=1S/C22H23F4N7O4S.C12H14F4N4O3S.C10H11N3O2/c1-4-16-18(31-12-13(2)10-28-20(31)29-16)19(34)27-11-14-5-6-17(15(23)9-14)32-7-8-33(21(30-32)37-3)38(35,36)22(24,25)26;1-23-11-18-19(10-3-2-8(7-17)6-9(10)13)4-5-20(11)24(21,22)12(14,15)16;1-3-7-8(9(14)15)13-5-6(2)4-11-10(13)12-7/h5-6,9-10,12H,4,7-8,11H2,1-3H3,(H,27,34);2-3,6H,4-5,7,17H2,1H3;4-5H,3H2,1-2H3,(H,14,15). The number of methoxy groups -OCH3 is 2. The van der Waals surface area contributed by atoms with E-state index in [-0.39, 0.29) is 51.9 Å². The number of aromatic nitrogens is 6. The monoisotopic (exact) mass is 1130 g/mol. The highest BCUT2D eigenvalue weighted by molar-refractivity contribution is 7.90. The maximum absolute atomic E-state index is 15.0. The number of hydrazone groups is 2. The minimum absolute atomic E-state index is 0.00431. The fourth-order valence-electron chi connectivity index (χ4n) is 7.43. The zero-order valence-corrected chi connectivity index (χ0v) is 43.1. The molecule has 8 rings (SSSR count). The lowest BCUT2D eigenvalue weighted by atomic mass is 10.1. The predicted molar refractivity (Wildman–Crippen MR) is 260 cm³/mol. The van der Waals surface area contributed by atoms with Gasteiger partial charge < -0.3 is 25.6 Å². The lowest BCUT2D eigenvalue weighted by molar-refractivity contribution is -0.0482. The number of carboxylic acids is 1. The van der Waals surface area contributed by atoms with Gasteiger partial charge in [0.25, 0.3) is 5.91 Å². The van der Waals surface area contributed by atoms with Crippen LogP contribution in [0.25, 0.3) is 11.6 Å². The van der Waals surface area contributed by atoms with Crippen LogP contribution < -0.4 is 21.1 Å². The number of nitrogens with two attached hydrogens (primary N) is 1. The first kappa shape index (κ1) is 58.3. The van der Waals surface area contributed by atoms with Crippen molar-refractivity contribution in [1.29, 1.82) is 0 Å². The molecule has 416 valence electrons. The summed E-state index contributed by atoms with van der Waals surface area (Å²) in [5.74, 6) is -2.05. The van der Waals surface area contributed by atoms with E-state index in [1.54, 1.807) is 29.2 Å². The summed E-state index contributed by atoms with van der Waals surface area (Å²) in [7, 11) is -9.46. The number of carbonyl (C=O) groups excluding carboxylic acids is 1. The van der Waals surface area contributed by atoms with Gasteiger partial charge in [0.2, 0.25) is 11.6 Å². The number of fused-ring (bicyclic) bond motifs is 2. The number of nitrogens with zero attached hydrogens (tertiary/aromatic N) is 12. The van der Waals surface area contributed by atoms with E-state index in [0.29, 0.717) is 52.6 Å². The molecule has 23 nitrogen and oxygen atoms in total. The fourth-order valence-corrected chi connectivity index (χ4v) is 9.21. The molecule has 0 fully saturated rings. The molecule has 0 saturated heterocycles. The smallest absolute Gasteiger partial charge is 0.477 e. The largest absolute Gasteiger partial charge is 0.516 e. The maximum atomic E-state index is 15.0. The topological polar surface area (TPSA) is 277 Å². The molecule has 4 N–H and O–H groups in total. The van der Waals surface area contributed by atoms with Crippen molar-refractivity contribution in [2.75, 3.05) is 50.4 Å². The molecule has 4 aromatic heterocycles. The molecule has 0 bridgehead atoms. The van der Waals surface area contributed by atoms with E-state index in [1.807, 2.05) is 27.7 Å². The van der Waals surface area contributed by atoms with Crippen molar-refractivity contribution in [1.82, 2.24) is 42.7 Å². The molecule has 0 atom stereocenters. The number of ether oxygens (including phenoxy) is 2. The number of nitrogens with one attached hydrogen (secondary N) is 1. The Morgan fingerprint density at radius 2 is 1.10 bits per heavy atom. The Bertz CT molecular complexity index is 3480. The van der Waals surface area contributed by atoms with Gasteiger partial charge in [-0.2, -0.15) is 43.2 Å². The summed E-state index contributed by atoms with van der Waals surface area (Å²) in [5.41, 5.74) is -1.49. The van der Waals surface area contributed by atoms with Crippen molar-refractivity contribution in [3.8, 4) is 0 Å². The van der Waals surface area contributed by atoms with Crippen LogP contribution in [0.15, 0.2) is 71.4 Å². The summed E-state index contributed by atoms with van der Waals surface area (Å²) in [4.78, 5) is 40.9. The van der Waals surface area contributed by atoms with E-state index in [0.717, 1.165) is 47.5 Å². The zero-order valence-electron chi connectivity index (χ0n) is 41.4. The number of carbonyl (C=O) groups is 2. The number of carboxylic acid groups (broad SMARTS) is 1. The molecule has 6 heterocycles. The average Bonchev–Trinajstić information content (AvgIpc) is 3.95. The van der Waals surface area contributed by atoms with E-state index in [2.05, 4.69) is 40.2 Å². The van der Waals surface area contributed by atoms with Gasteiger partial charge in [-0.1, -0.05) is 26.0 Å². The van der Waals surface area contributed by atoms with Crippen molar-refractivity contribution in [2.24, 2.45) is 15.9 Å². The Labute approximate surface area is 433 Å². The van der Waals surface area contributed by atoms with Crippen LogP contribution in [0.2, 0.25) is 0 Å². The van der Waals surface area contributed by atoms with Gasteiger partial charge in [0.1, 0.15) is 17.3 Å². The van der Waals surface area contributed by atoms with Crippen molar-refractivity contribution in [3.63, 3.8) is 0 Å². The number of amides is 1. The number of halogens is 8. The highest BCUT2D eigenvalue weighted by Crippen LogP contribution is 2.32. The lowest BCUT2D eigenvalue weighted by Gasteiger charge is -2.32. The number of anilines is 2. The van der Waals surface area contributed by atoms with Crippen LogP contribution >= 0.6 is 0 Å². The molecular weight excluding hydrogens is 1080 g/mol. The summed E-state index contributed by atoms with van der Waals surface area (Å²) >= 11 is 0. The molecule has 2 aromatic carbocycles. The molecule has 0 spiro atoms. The van der Waals surface area contributed by atoms with Gasteiger partial charge in [0, 0.05) is 37.9 Å². The third-order valence-corrected chi connectivity index (χ3v) is 14.1. The molecule has 0 unspecified atom stereocenters. The van der Waals surface area contributed by atoms with Crippen molar-refractivity contribution in [3.05, 3.63) is 118 Å². The van der Waals surface area contributed by atoms with Gasteiger partial charge >= 0.3 is 49.1 Å². The van der Waals surface area contributed by atoms with Crippen LogP contribution in [0.5, 0.6) is 0 Å². The molecule has 77 heavy (non-hydrogen) atoms. The van der Waals surface area contributed by atoms with Gasteiger partial charge in [-0.3, -0.25) is 23.6 Å². The summed E-state index contributed by atoms with van der Waals surface area (Å²) in [6, 6.07) is 6.34. The van der Waals surface area contributed by atoms with E-state index in [9.17, 15) is 61.5 Å².